The van der Waals surface area contributed by atoms with E-state index in [1.54, 1.807) is 10.9 Å². The monoisotopic (exact) mass is 287 g/mol. The maximum absolute atomic E-state index is 6.11. The van der Waals surface area contributed by atoms with Crippen molar-refractivity contribution in [3.05, 3.63) is 41.7 Å². The average molecular weight is 287 g/mol. The SMILES string of the molecule is Cc1ccc(N=Cc2cnn(C)c2)c(O[Si](C)(C)C)c1. The van der Waals surface area contributed by atoms with E-state index < -0.39 is 8.32 Å². The van der Waals surface area contributed by atoms with Gasteiger partial charge in [-0.05, 0) is 44.3 Å². The standard InChI is InChI=1S/C15H21N3OSi/c1-12-6-7-14(15(8-12)19-20(3,4)5)16-9-13-10-17-18(2)11-13/h6-11H,1-5H3. The van der Waals surface area contributed by atoms with Crippen molar-refractivity contribution in [2.24, 2.45) is 12.0 Å². The summed E-state index contributed by atoms with van der Waals surface area (Å²) in [6.07, 6.45) is 5.53. The number of hydrogen-bond acceptors (Lipinski definition) is 3. The second-order valence-corrected chi connectivity index (χ2v) is 10.3. The van der Waals surface area contributed by atoms with Gasteiger partial charge in [0.2, 0.25) is 8.32 Å². The molecular formula is C15H21N3OSi. The molecule has 2 aromatic rings. The van der Waals surface area contributed by atoms with E-state index in [-0.39, 0.29) is 0 Å². The smallest absolute Gasteiger partial charge is 0.242 e. The normalized spacial score (nSPS) is 12.1. The molecule has 0 aliphatic carbocycles. The number of hydrogen-bond donors (Lipinski definition) is 0. The second-order valence-electron chi connectivity index (χ2n) is 5.89. The van der Waals surface area contributed by atoms with Crippen LogP contribution in [-0.4, -0.2) is 24.3 Å². The van der Waals surface area contributed by atoms with Crippen molar-refractivity contribution in [2.75, 3.05) is 0 Å². The van der Waals surface area contributed by atoms with Gasteiger partial charge in [-0.15, -0.1) is 0 Å². The Morgan fingerprint density at radius 3 is 2.65 bits per heavy atom. The lowest BCUT2D eigenvalue weighted by molar-refractivity contribution is 0.558. The molecule has 4 nitrogen and oxygen atoms in total. The van der Waals surface area contributed by atoms with Gasteiger partial charge in [-0.3, -0.25) is 9.67 Å². The molecule has 0 aliphatic heterocycles. The first kappa shape index (κ1) is 14.5. The summed E-state index contributed by atoms with van der Waals surface area (Å²) in [6.45, 7) is 8.57. The molecule has 0 fully saturated rings. The number of aliphatic imine (C=N–C) groups is 1. The highest BCUT2D eigenvalue weighted by atomic mass is 28.4. The molecule has 0 unspecified atom stereocenters. The minimum absolute atomic E-state index is 0.863. The Morgan fingerprint density at radius 1 is 1.30 bits per heavy atom. The Labute approximate surface area is 121 Å². The van der Waals surface area contributed by atoms with Gasteiger partial charge >= 0.3 is 0 Å². The molecule has 1 heterocycles. The van der Waals surface area contributed by atoms with Crippen molar-refractivity contribution >= 4 is 20.2 Å². The molecule has 0 radical (unpaired) electrons. The molecule has 0 saturated heterocycles. The Kier molecular flexibility index (Phi) is 4.08. The molecule has 1 aromatic heterocycles. The summed E-state index contributed by atoms with van der Waals surface area (Å²) < 4.78 is 7.87. The highest BCUT2D eigenvalue weighted by Gasteiger charge is 2.18. The fourth-order valence-corrected chi connectivity index (χ4v) is 2.61. The van der Waals surface area contributed by atoms with Gasteiger partial charge in [0.25, 0.3) is 0 Å². The highest BCUT2D eigenvalue weighted by Crippen LogP contribution is 2.30. The van der Waals surface area contributed by atoms with Crippen LogP contribution in [0.25, 0.3) is 0 Å². The summed E-state index contributed by atoms with van der Waals surface area (Å²) in [5.41, 5.74) is 3.02. The van der Waals surface area contributed by atoms with E-state index in [9.17, 15) is 0 Å². The molecule has 0 saturated carbocycles. The molecule has 0 spiro atoms. The van der Waals surface area contributed by atoms with Crippen molar-refractivity contribution in [1.29, 1.82) is 0 Å². The molecule has 20 heavy (non-hydrogen) atoms. The summed E-state index contributed by atoms with van der Waals surface area (Å²) >= 11 is 0. The van der Waals surface area contributed by atoms with Gasteiger partial charge in [0.15, 0.2) is 0 Å². The molecule has 2 rings (SSSR count). The lowest BCUT2D eigenvalue weighted by Gasteiger charge is -2.20. The largest absolute Gasteiger partial charge is 0.543 e. The molecule has 0 N–H and O–H groups in total. The second kappa shape index (κ2) is 5.62. The van der Waals surface area contributed by atoms with E-state index >= 15 is 0 Å². The first-order chi connectivity index (χ1) is 9.33. The molecular weight excluding hydrogens is 266 g/mol. The topological polar surface area (TPSA) is 39.4 Å². The zero-order valence-electron chi connectivity index (χ0n) is 12.7. The molecule has 5 heteroatoms. The lowest BCUT2D eigenvalue weighted by Crippen LogP contribution is -2.29. The summed E-state index contributed by atoms with van der Waals surface area (Å²) in [7, 11) is 0.245. The number of rotatable bonds is 4. The molecule has 0 atom stereocenters. The van der Waals surface area contributed by atoms with E-state index in [1.165, 1.54) is 5.56 Å². The van der Waals surface area contributed by atoms with Crippen molar-refractivity contribution in [2.45, 2.75) is 26.6 Å². The third-order valence-corrected chi connectivity index (χ3v) is 3.44. The van der Waals surface area contributed by atoms with Crippen molar-refractivity contribution in [1.82, 2.24) is 9.78 Å². The van der Waals surface area contributed by atoms with E-state index in [1.807, 2.05) is 37.7 Å². The minimum atomic E-state index is -1.65. The molecule has 0 aliphatic rings. The quantitative estimate of drug-likeness (QED) is 0.635. The van der Waals surface area contributed by atoms with Gasteiger partial charge in [0, 0.05) is 25.0 Å². The van der Waals surface area contributed by atoms with Crippen molar-refractivity contribution < 1.29 is 4.43 Å². The number of aryl methyl sites for hydroxylation is 2. The van der Waals surface area contributed by atoms with Crippen molar-refractivity contribution in [3.8, 4) is 5.75 Å². The maximum atomic E-state index is 6.11. The van der Waals surface area contributed by atoms with Crippen LogP contribution in [0.2, 0.25) is 19.6 Å². The van der Waals surface area contributed by atoms with Crippen molar-refractivity contribution in [3.63, 3.8) is 0 Å². The van der Waals surface area contributed by atoms with E-state index in [0.29, 0.717) is 0 Å². The van der Waals surface area contributed by atoms with Gasteiger partial charge in [-0.25, -0.2) is 0 Å². The maximum Gasteiger partial charge on any atom is 0.242 e. The first-order valence-electron chi connectivity index (χ1n) is 6.66. The van der Waals surface area contributed by atoms with Gasteiger partial charge in [0.1, 0.15) is 11.4 Å². The third-order valence-electron chi connectivity index (χ3n) is 2.61. The van der Waals surface area contributed by atoms with Crippen LogP contribution < -0.4 is 4.43 Å². The van der Waals surface area contributed by atoms with Crippen LogP contribution >= 0.6 is 0 Å². The predicted molar refractivity (Wildman–Crippen MR) is 85.6 cm³/mol. The zero-order chi connectivity index (χ0) is 14.8. The fraction of sp³-hybridized carbons (Fsp3) is 0.333. The first-order valence-corrected chi connectivity index (χ1v) is 10.1. The zero-order valence-corrected chi connectivity index (χ0v) is 13.7. The van der Waals surface area contributed by atoms with Crippen LogP contribution in [0.15, 0.2) is 35.6 Å². The van der Waals surface area contributed by atoms with Crippen LogP contribution in [-0.2, 0) is 7.05 Å². The summed E-state index contributed by atoms with van der Waals surface area (Å²) in [4.78, 5) is 4.53. The number of benzene rings is 1. The molecule has 106 valence electrons. The third kappa shape index (κ3) is 4.06. The Morgan fingerprint density at radius 2 is 2.05 bits per heavy atom. The Bertz CT molecular complexity index is 626. The van der Waals surface area contributed by atoms with Crippen LogP contribution in [0.5, 0.6) is 5.75 Å². The van der Waals surface area contributed by atoms with Gasteiger partial charge in [-0.2, -0.15) is 5.10 Å². The summed E-state index contributed by atoms with van der Waals surface area (Å²) in [5.74, 6) is 0.865. The van der Waals surface area contributed by atoms with Crippen LogP contribution in [0.3, 0.4) is 0 Å². The predicted octanol–water partition coefficient (Wildman–Crippen LogP) is 3.69. The van der Waals surface area contributed by atoms with Crippen LogP contribution in [0, 0.1) is 6.92 Å². The fourth-order valence-electron chi connectivity index (χ4n) is 1.79. The van der Waals surface area contributed by atoms with E-state index in [2.05, 4.69) is 36.7 Å². The van der Waals surface area contributed by atoms with Crippen LogP contribution in [0.1, 0.15) is 11.1 Å². The highest BCUT2D eigenvalue weighted by molar-refractivity contribution is 6.70. The Balaban J connectivity index is 2.29. The molecule has 0 bridgehead atoms. The van der Waals surface area contributed by atoms with Gasteiger partial charge in [-0.1, -0.05) is 6.07 Å². The van der Waals surface area contributed by atoms with E-state index in [0.717, 1.165) is 17.0 Å². The summed E-state index contributed by atoms with van der Waals surface area (Å²) in [6, 6.07) is 6.10. The summed E-state index contributed by atoms with van der Waals surface area (Å²) in [5, 5.41) is 4.13. The number of nitrogens with zero attached hydrogens (tertiary/aromatic N) is 3. The number of aromatic nitrogens is 2. The van der Waals surface area contributed by atoms with E-state index in [4.69, 9.17) is 4.43 Å². The minimum Gasteiger partial charge on any atom is -0.543 e. The van der Waals surface area contributed by atoms with Gasteiger partial charge < -0.3 is 4.43 Å². The molecule has 1 aromatic carbocycles. The average Bonchev–Trinajstić information content (AvgIpc) is 2.72. The van der Waals surface area contributed by atoms with Gasteiger partial charge in [0.05, 0.1) is 6.20 Å². The Hall–Kier alpha value is -1.88. The lowest BCUT2D eigenvalue weighted by atomic mass is 10.2. The van der Waals surface area contributed by atoms with Crippen LogP contribution in [0.4, 0.5) is 5.69 Å². The molecule has 0 amide bonds.